The molecule has 2 fully saturated rings. The molecule has 0 aromatic heterocycles. The quantitative estimate of drug-likeness (QED) is 0.760. The van der Waals surface area contributed by atoms with Crippen LogP contribution in [0.25, 0.3) is 0 Å². The minimum atomic E-state index is -0.779. The summed E-state index contributed by atoms with van der Waals surface area (Å²) in [5, 5.41) is 11.8. The van der Waals surface area contributed by atoms with Crippen molar-refractivity contribution in [3.05, 3.63) is 0 Å². The van der Waals surface area contributed by atoms with E-state index in [0.29, 0.717) is 19.6 Å². The minimum absolute atomic E-state index is 0.0620. The van der Waals surface area contributed by atoms with E-state index in [1.54, 1.807) is 11.8 Å². The second-order valence-electron chi connectivity index (χ2n) is 5.57. The summed E-state index contributed by atoms with van der Waals surface area (Å²) in [6.07, 6.45) is 2.52. The van der Waals surface area contributed by atoms with Gasteiger partial charge >= 0.3 is 12.0 Å². The molecule has 6 heteroatoms. The van der Waals surface area contributed by atoms with E-state index in [-0.39, 0.29) is 17.9 Å². The molecule has 1 unspecified atom stereocenters. The van der Waals surface area contributed by atoms with Crippen molar-refractivity contribution >= 4 is 12.0 Å². The molecule has 19 heavy (non-hydrogen) atoms. The van der Waals surface area contributed by atoms with E-state index in [1.165, 1.54) is 12.8 Å². The number of urea groups is 1. The number of carbonyl (C=O) groups excluding carboxylic acids is 1. The Balaban J connectivity index is 1.59. The lowest BCUT2D eigenvalue weighted by molar-refractivity contribution is -0.144. The van der Waals surface area contributed by atoms with Gasteiger partial charge in [0.05, 0.1) is 5.92 Å². The molecule has 108 valence electrons. The monoisotopic (exact) mass is 269 g/mol. The summed E-state index contributed by atoms with van der Waals surface area (Å²) >= 11 is 0. The fourth-order valence-electron chi connectivity index (χ4n) is 2.64. The molecule has 0 radical (unpaired) electrons. The van der Waals surface area contributed by atoms with Crippen LogP contribution in [-0.2, 0) is 4.79 Å². The maximum absolute atomic E-state index is 11.8. The third-order valence-corrected chi connectivity index (χ3v) is 4.20. The van der Waals surface area contributed by atoms with E-state index in [9.17, 15) is 9.59 Å². The number of hydrogen-bond acceptors (Lipinski definition) is 3. The van der Waals surface area contributed by atoms with Crippen LogP contribution in [-0.4, -0.2) is 66.2 Å². The minimum Gasteiger partial charge on any atom is -0.481 e. The number of aliphatic carboxylic acids is 1. The molecule has 2 heterocycles. The molecular weight excluding hydrogens is 246 g/mol. The van der Waals surface area contributed by atoms with E-state index < -0.39 is 5.97 Å². The molecule has 2 rings (SSSR count). The number of amides is 2. The zero-order chi connectivity index (χ0) is 13.8. The average Bonchev–Trinajstić information content (AvgIpc) is 2.79. The van der Waals surface area contributed by atoms with Crippen LogP contribution >= 0.6 is 0 Å². The molecule has 2 saturated heterocycles. The van der Waals surface area contributed by atoms with Crippen LogP contribution in [0, 0.1) is 11.8 Å². The Bertz CT molecular complexity index is 336. The second-order valence-corrected chi connectivity index (χ2v) is 5.57. The maximum atomic E-state index is 11.8. The van der Waals surface area contributed by atoms with E-state index in [4.69, 9.17) is 5.11 Å². The Kier molecular flexibility index (Phi) is 4.63. The van der Waals surface area contributed by atoms with Crippen molar-refractivity contribution in [2.45, 2.75) is 19.8 Å². The SMILES string of the molecule is CC(C(=O)O)C1CN(C(=O)NCCN2CCCC2)C1. The zero-order valence-corrected chi connectivity index (χ0v) is 11.5. The predicted octanol–water partition coefficient (Wildman–Crippen LogP) is 0.444. The predicted molar refractivity (Wildman–Crippen MR) is 70.9 cm³/mol. The third-order valence-electron chi connectivity index (χ3n) is 4.20. The molecule has 1 atom stereocenters. The molecule has 0 aliphatic carbocycles. The fourth-order valence-corrected chi connectivity index (χ4v) is 2.64. The summed E-state index contributed by atoms with van der Waals surface area (Å²) in [7, 11) is 0. The molecule has 6 nitrogen and oxygen atoms in total. The van der Waals surface area contributed by atoms with Crippen LogP contribution < -0.4 is 5.32 Å². The Morgan fingerprint density at radius 2 is 1.95 bits per heavy atom. The normalized spacial score (nSPS) is 22.1. The first kappa shape index (κ1) is 14.1. The Morgan fingerprint density at radius 1 is 1.32 bits per heavy atom. The van der Waals surface area contributed by atoms with E-state index >= 15 is 0 Å². The summed E-state index contributed by atoms with van der Waals surface area (Å²) < 4.78 is 0. The molecule has 2 N–H and O–H groups in total. The van der Waals surface area contributed by atoms with Crippen LogP contribution in [0.1, 0.15) is 19.8 Å². The highest BCUT2D eigenvalue weighted by atomic mass is 16.4. The highest BCUT2D eigenvalue weighted by molar-refractivity contribution is 5.76. The summed E-state index contributed by atoms with van der Waals surface area (Å²) in [6, 6.07) is -0.0620. The van der Waals surface area contributed by atoms with Gasteiger partial charge in [0.15, 0.2) is 0 Å². The van der Waals surface area contributed by atoms with Gasteiger partial charge in [0.25, 0.3) is 0 Å². The van der Waals surface area contributed by atoms with Crippen molar-refractivity contribution in [1.82, 2.24) is 15.1 Å². The first-order chi connectivity index (χ1) is 9.08. The Labute approximate surface area is 113 Å². The largest absolute Gasteiger partial charge is 0.481 e. The van der Waals surface area contributed by atoms with Crippen LogP contribution in [0.2, 0.25) is 0 Å². The van der Waals surface area contributed by atoms with Gasteiger partial charge in [-0.25, -0.2) is 4.79 Å². The second kappa shape index (κ2) is 6.23. The van der Waals surface area contributed by atoms with Crippen molar-refractivity contribution in [3.63, 3.8) is 0 Å². The van der Waals surface area contributed by atoms with Gasteiger partial charge in [-0.05, 0) is 25.9 Å². The first-order valence-corrected chi connectivity index (χ1v) is 7.06. The molecule has 2 aliphatic rings. The molecular formula is C13H23N3O3. The van der Waals surface area contributed by atoms with E-state index in [0.717, 1.165) is 19.6 Å². The van der Waals surface area contributed by atoms with Crippen molar-refractivity contribution in [2.24, 2.45) is 11.8 Å². The standard InChI is InChI=1S/C13H23N3O3/c1-10(12(17)18)11-8-16(9-11)13(19)14-4-7-15-5-2-3-6-15/h10-11H,2-9H2,1H3,(H,14,19)(H,17,18). The number of carbonyl (C=O) groups is 2. The number of nitrogens with zero attached hydrogens (tertiary/aromatic N) is 2. The molecule has 0 spiro atoms. The molecule has 0 bridgehead atoms. The third kappa shape index (κ3) is 3.59. The van der Waals surface area contributed by atoms with Crippen molar-refractivity contribution in [1.29, 1.82) is 0 Å². The summed E-state index contributed by atoms with van der Waals surface area (Å²) in [6.45, 7) is 6.68. The highest BCUT2D eigenvalue weighted by Crippen LogP contribution is 2.23. The Morgan fingerprint density at radius 3 is 2.53 bits per heavy atom. The number of likely N-dealkylation sites (tertiary alicyclic amines) is 2. The van der Waals surface area contributed by atoms with Gasteiger partial charge in [-0.15, -0.1) is 0 Å². The molecule has 0 saturated carbocycles. The van der Waals surface area contributed by atoms with Crippen LogP contribution in [0.15, 0.2) is 0 Å². The van der Waals surface area contributed by atoms with Gasteiger partial charge in [0.1, 0.15) is 0 Å². The van der Waals surface area contributed by atoms with Gasteiger partial charge in [-0.1, -0.05) is 6.92 Å². The fraction of sp³-hybridized carbons (Fsp3) is 0.846. The number of nitrogens with one attached hydrogen (secondary N) is 1. The number of carboxylic acid groups (broad SMARTS) is 1. The average molecular weight is 269 g/mol. The lowest BCUT2D eigenvalue weighted by Gasteiger charge is -2.41. The number of hydrogen-bond donors (Lipinski definition) is 2. The highest BCUT2D eigenvalue weighted by Gasteiger charge is 2.37. The first-order valence-electron chi connectivity index (χ1n) is 7.06. The lowest BCUT2D eigenvalue weighted by Crippen LogP contribution is -2.57. The van der Waals surface area contributed by atoms with Crippen molar-refractivity contribution < 1.29 is 14.7 Å². The lowest BCUT2D eigenvalue weighted by atomic mass is 9.87. The van der Waals surface area contributed by atoms with Crippen LogP contribution in [0.3, 0.4) is 0 Å². The van der Waals surface area contributed by atoms with Gasteiger partial charge in [0.2, 0.25) is 0 Å². The van der Waals surface area contributed by atoms with Crippen molar-refractivity contribution in [2.75, 3.05) is 39.3 Å². The molecule has 2 aliphatic heterocycles. The molecule has 0 aromatic carbocycles. The van der Waals surface area contributed by atoms with Crippen LogP contribution in [0.5, 0.6) is 0 Å². The van der Waals surface area contributed by atoms with E-state index in [1.807, 2.05) is 0 Å². The smallest absolute Gasteiger partial charge is 0.317 e. The van der Waals surface area contributed by atoms with Gasteiger partial charge in [-0.2, -0.15) is 0 Å². The Hall–Kier alpha value is -1.30. The zero-order valence-electron chi connectivity index (χ0n) is 11.5. The van der Waals surface area contributed by atoms with Crippen LogP contribution in [0.4, 0.5) is 4.79 Å². The van der Waals surface area contributed by atoms with Gasteiger partial charge in [0, 0.05) is 32.1 Å². The van der Waals surface area contributed by atoms with E-state index in [2.05, 4.69) is 10.2 Å². The number of rotatable bonds is 5. The molecule has 2 amide bonds. The van der Waals surface area contributed by atoms with Gasteiger partial charge in [-0.3, -0.25) is 4.79 Å². The van der Waals surface area contributed by atoms with Gasteiger partial charge < -0.3 is 20.2 Å². The van der Waals surface area contributed by atoms with Crippen molar-refractivity contribution in [3.8, 4) is 0 Å². The summed E-state index contributed by atoms with van der Waals surface area (Å²) in [4.78, 5) is 26.6. The summed E-state index contributed by atoms with van der Waals surface area (Å²) in [5.74, 6) is -1.05. The number of carboxylic acids is 1. The summed E-state index contributed by atoms with van der Waals surface area (Å²) in [5.41, 5.74) is 0. The topological polar surface area (TPSA) is 72.9 Å². The molecule has 0 aromatic rings. The maximum Gasteiger partial charge on any atom is 0.317 e.